The molecular weight excluding hydrogens is 198 g/mol. The highest BCUT2D eigenvalue weighted by molar-refractivity contribution is 7.09. The number of thiophene rings is 1. The van der Waals surface area contributed by atoms with Gasteiger partial charge in [-0.05, 0) is 16.6 Å². The van der Waals surface area contributed by atoms with E-state index < -0.39 is 0 Å². The third-order valence-electron chi connectivity index (χ3n) is 0.957. The molecule has 0 aliphatic carbocycles. The molecule has 0 fully saturated rings. The van der Waals surface area contributed by atoms with Crippen molar-refractivity contribution >= 4 is 29.7 Å². The molecule has 0 bridgehead atoms. The molecule has 0 unspecified atom stereocenters. The molecule has 1 rings (SSSR count). The minimum atomic E-state index is -0.0541. The van der Waals surface area contributed by atoms with Crippen LogP contribution in [0, 0.1) is 0 Å². The monoisotopic (exact) mass is 207 g/mol. The Balaban J connectivity index is 0.00000121. The number of nitrogens with two attached hydrogens (primary N) is 2. The molecule has 1 heterocycles. The molecule has 0 atom stereocenters. The van der Waals surface area contributed by atoms with Crippen LogP contribution in [0.1, 0.15) is 4.88 Å². The van der Waals surface area contributed by atoms with Gasteiger partial charge < -0.3 is 16.3 Å². The van der Waals surface area contributed by atoms with Crippen molar-refractivity contribution in [2.24, 2.45) is 16.6 Å². The van der Waals surface area contributed by atoms with E-state index in [0.29, 0.717) is 6.61 Å². The van der Waals surface area contributed by atoms with E-state index in [1.54, 1.807) is 11.3 Å². The van der Waals surface area contributed by atoms with Gasteiger partial charge in [-0.3, -0.25) is 0 Å². The molecular formula is C6H10ClN3OS. The molecule has 0 spiro atoms. The van der Waals surface area contributed by atoms with Crippen LogP contribution < -0.4 is 11.5 Å². The fourth-order valence-electron chi connectivity index (χ4n) is 0.565. The van der Waals surface area contributed by atoms with Gasteiger partial charge in [-0.2, -0.15) is 0 Å². The third kappa shape index (κ3) is 4.05. The van der Waals surface area contributed by atoms with Gasteiger partial charge in [-0.25, -0.2) is 0 Å². The summed E-state index contributed by atoms with van der Waals surface area (Å²) in [5.74, 6) is -0.0541. The Morgan fingerprint density at radius 2 is 2.33 bits per heavy atom. The second-order valence-corrected chi connectivity index (χ2v) is 2.90. The average Bonchev–Trinajstić information content (AvgIpc) is 2.39. The molecule has 68 valence electrons. The quantitative estimate of drug-likeness (QED) is 0.439. The van der Waals surface area contributed by atoms with Crippen molar-refractivity contribution in [3.8, 4) is 0 Å². The fraction of sp³-hybridized carbons (Fsp3) is 0.167. The lowest BCUT2D eigenvalue weighted by Gasteiger charge is -1.94. The van der Waals surface area contributed by atoms with Gasteiger partial charge in [0.15, 0.2) is 6.61 Å². The van der Waals surface area contributed by atoms with Gasteiger partial charge in [0.2, 0.25) is 5.96 Å². The minimum Gasteiger partial charge on any atom is -0.387 e. The molecule has 1 aromatic heterocycles. The maximum Gasteiger partial charge on any atom is 0.228 e. The SMILES string of the molecule is Cl.NC(N)=NOCc1cccs1. The van der Waals surface area contributed by atoms with E-state index in [1.807, 2.05) is 17.5 Å². The Labute approximate surface area is 80.6 Å². The van der Waals surface area contributed by atoms with Gasteiger partial charge >= 0.3 is 0 Å². The van der Waals surface area contributed by atoms with Gasteiger partial charge in [0.25, 0.3) is 0 Å². The lowest BCUT2D eigenvalue weighted by Crippen LogP contribution is -2.22. The van der Waals surface area contributed by atoms with Crippen molar-refractivity contribution < 1.29 is 4.84 Å². The van der Waals surface area contributed by atoms with Crippen molar-refractivity contribution in [3.63, 3.8) is 0 Å². The zero-order valence-corrected chi connectivity index (χ0v) is 7.90. The van der Waals surface area contributed by atoms with Gasteiger partial charge in [-0.1, -0.05) is 6.07 Å². The maximum atomic E-state index is 5.04. The topological polar surface area (TPSA) is 73.6 Å². The fourth-order valence-corrected chi connectivity index (χ4v) is 1.17. The normalized spacial score (nSPS) is 8.33. The van der Waals surface area contributed by atoms with E-state index >= 15 is 0 Å². The molecule has 4 N–H and O–H groups in total. The summed E-state index contributed by atoms with van der Waals surface area (Å²) in [6.45, 7) is 0.426. The van der Waals surface area contributed by atoms with Crippen LogP contribution in [0.15, 0.2) is 22.7 Å². The van der Waals surface area contributed by atoms with Gasteiger partial charge in [0.05, 0.1) is 0 Å². The zero-order chi connectivity index (χ0) is 8.10. The van der Waals surface area contributed by atoms with Gasteiger partial charge in [-0.15, -0.1) is 23.7 Å². The summed E-state index contributed by atoms with van der Waals surface area (Å²) in [5, 5.41) is 5.34. The summed E-state index contributed by atoms with van der Waals surface area (Å²) in [6, 6.07) is 3.89. The Morgan fingerprint density at radius 3 is 2.83 bits per heavy atom. The first-order valence-electron chi connectivity index (χ1n) is 3.02. The highest BCUT2D eigenvalue weighted by Crippen LogP contribution is 2.09. The summed E-state index contributed by atoms with van der Waals surface area (Å²) >= 11 is 1.60. The van der Waals surface area contributed by atoms with Gasteiger partial charge in [0, 0.05) is 4.88 Å². The highest BCUT2D eigenvalue weighted by Gasteiger charge is 1.91. The molecule has 6 heteroatoms. The second kappa shape index (κ2) is 5.68. The lowest BCUT2D eigenvalue weighted by atomic mass is 10.5. The first kappa shape index (κ1) is 11.1. The molecule has 4 nitrogen and oxygen atoms in total. The summed E-state index contributed by atoms with van der Waals surface area (Å²) in [6.07, 6.45) is 0. The van der Waals surface area contributed by atoms with Gasteiger partial charge in [0.1, 0.15) is 0 Å². The van der Waals surface area contributed by atoms with Crippen molar-refractivity contribution in [2.45, 2.75) is 6.61 Å². The smallest absolute Gasteiger partial charge is 0.228 e. The Hall–Kier alpha value is -0.940. The van der Waals surface area contributed by atoms with E-state index in [2.05, 4.69) is 5.16 Å². The number of rotatable bonds is 3. The standard InChI is InChI=1S/C6H9N3OS.ClH/c7-6(8)9-10-4-5-2-1-3-11-5;/h1-3H,4H2,(H4,7,8,9);1H. The zero-order valence-electron chi connectivity index (χ0n) is 6.27. The van der Waals surface area contributed by atoms with Crippen LogP contribution in [0.4, 0.5) is 0 Å². The molecule has 0 amide bonds. The number of hydrogen-bond donors (Lipinski definition) is 2. The number of oxime groups is 1. The molecule has 0 saturated carbocycles. The van der Waals surface area contributed by atoms with Crippen LogP contribution in [-0.4, -0.2) is 5.96 Å². The molecule has 0 aliphatic rings. The van der Waals surface area contributed by atoms with E-state index in [0.717, 1.165) is 4.88 Å². The van der Waals surface area contributed by atoms with Crippen LogP contribution in [0.25, 0.3) is 0 Å². The summed E-state index contributed by atoms with van der Waals surface area (Å²) in [4.78, 5) is 5.88. The number of guanidine groups is 1. The van der Waals surface area contributed by atoms with Crippen LogP contribution in [0.2, 0.25) is 0 Å². The van der Waals surface area contributed by atoms with Crippen molar-refractivity contribution in [1.29, 1.82) is 0 Å². The van der Waals surface area contributed by atoms with E-state index in [9.17, 15) is 0 Å². The summed E-state index contributed by atoms with van der Waals surface area (Å²) < 4.78 is 0. The molecule has 0 saturated heterocycles. The molecule has 1 aromatic rings. The number of hydrogen-bond acceptors (Lipinski definition) is 3. The largest absolute Gasteiger partial charge is 0.387 e. The Kier molecular flexibility index (Phi) is 5.23. The molecule has 0 aromatic carbocycles. The van der Waals surface area contributed by atoms with E-state index in [4.69, 9.17) is 16.3 Å². The van der Waals surface area contributed by atoms with E-state index in [1.165, 1.54) is 0 Å². The maximum absolute atomic E-state index is 5.04. The first-order valence-corrected chi connectivity index (χ1v) is 3.90. The predicted molar refractivity (Wildman–Crippen MR) is 52.2 cm³/mol. The average molecular weight is 208 g/mol. The third-order valence-corrected chi connectivity index (χ3v) is 1.81. The number of halogens is 1. The predicted octanol–water partition coefficient (Wildman–Crippen LogP) is 0.875. The second-order valence-electron chi connectivity index (χ2n) is 1.87. The van der Waals surface area contributed by atoms with Crippen molar-refractivity contribution in [1.82, 2.24) is 0 Å². The van der Waals surface area contributed by atoms with Crippen molar-refractivity contribution in [2.75, 3.05) is 0 Å². The number of nitrogens with zero attached hydrogens (tertiary/aromatic N) is 1. The van der Waals surface area contributed by atoms with Crippen LogP contribution in [-0.2, 0) is 11.4 Å². The highest BCUT2D eigenvalue weighted by atomic mass is 35.5. The molecule has 0 aliphatic heterocycles. The molecule has 12 heavy (non-hydrogen) atoms. The van der Waals surface area contributed by atoms with Crippen molar-refractivity contribution in [3.05, 3.63) is 22.4 Å². The van der Waals surface area contributed by atoms with E-state index in [-0.39, 0.29) is 18.4 Å². The lowest BCUT2D eigenvalue weighted by molar-refractivity contribution is 0.132. The van der Waals surface area contributed by atoms with Crippen LogP contribution >= 0.6 is 23.7 Å². The summed E-state index contributed by atoms with van der Waals surface area (Å²) in [5.41, 5.74) is 10.1. The van der Waals surface area contributed by atoms with Crippen LogP contribution in [0.5, 0.6) is 0 Å². The summed E-state index contributed by atoms with van der Waals surface area (Å²) in [7, 11) is 0. The van der Waals surface area contributed by atoms with Crippen LogP contribution in [0.3, 0.4) is 0 Å². The Morgan fingerprint density at radius 1 is 1.58 bits per heavy atom. The first-order chi connectivity index (χ1) is 5.29. The minimum absolute atomic E-state index is 0. The molecule has 0 radical (unpaired) electrons. The Bertz CT molecular complexity index is 233.